The second-order valence-electron chi connectivity index (χ2n) is 4.50. The maximum atomic E-state index is 5.38. The Morgan fingerprint density at radius 3 is 2.67 bits per heavy atom. The highest BCUT2D eigenvalue weighted by Gasteiger charge is 2.30. The molecule has 1 aliphatic rings. The lowest BCUT2D eigenvalue weighted by Crippen LogP contribution is -2.44. The first-order valence-corrected chi connectivity index (χ1v) is 6.09. The van der Waals surface area contributed by atoms with Crippen molar-refractivity contribution in [3.05, 3.63) is 0 Å². The molecule has 4 heteroatoms. The molecular weight excluding hydrogens is 208 g/mol. The van der Waals surface area contributed by atoms with Gasteiger partial charge in [-0.05, 0) is 31.0 Å². The van der Waals surface area contributed by atoms with Crippen LogP contribution in [-0.2, 0) is 4.74 Å². The number of hydrogen-bond donors (Lipinski definition) is 1. The van der Waals surface area contributed by atoms with E-state index in [1.807, 2.05) is 0 Å². The highest BCUT2D eigenvalue weighted by molar-refractivity contribution is 7.80. The SMILES string of the molecule is COCCNC(=S)N(CC(C)C)C1CC1. The Hall–Kier alpha value is -0.350. The van der Waals surface area contributed by atoms with Crippen LogP contribution in [0.3, 0.4) is 0 Å². The topological polar surface area (TPSA) is 24.5 Å². The molecule has 0 aromatic carbocycles. The first kappa shape index (κ1) is 12.7. The average Bonchev–Trinajstić information content (AvgIpc) is 2.97. The zero-order chi connectivity index (χ0) is 11.3. The highest BCUT2D eigenvalue weighted by Crippen LogP contribution is 2.27. The molecule has 0 bridgehead atoms. The van der Waals surface area contributed by atoms with E-state index in [0.717, 1.165) is 18.2 Å². The van der Waals surface area contributed by atoms with Crippen molar-refractivity contribution in [1.82, 2.24) is 10.2 Å². The van der Waals surface area contributed by atoms with Crippen molar-refractivity contribution in [2.45, 2.75) is 32.7 Å². The summed E-state index contributed by atoms with van der Waals surface area (Å²) < 4.78 is 4.99. The first-order valence-electron chi connectivity index (χ1n) is 5.68. The van der Waals surface area contributed by atoms with Gasteiger partial charge in [-0.1, -0.05) is 13.8 Å². The monoisotopic (exact) mass is 230 g/mol. The van der Waals surface area contributed by atoms with E-state index in [1.54, 1.807) is 7.11 Å². The Morgan fingerprint density at radius 2 is 2.20 bits per heavy atom. The zero-order valence-corrected chi connectivity index (χ0v) is 10.8. The fraction of sp³-hybridized carbons (Fsp3) is 0.909. The van der Waals surface area contributed by atoms with Gasteiger partial charge in [0.2, 0.25) is 0 Å². The van der Waals surface area contributed by atoms with Gasteiger partial charge in [-0.3, -0.25) is 0 Å². The molecule has 1 rings (SSSR count). The fourth-order valence-electron chi connectivity index (χ4n) is 1.54. The smallest absolute Gasteiger partial charge is 0.169 e. The van der Waals surface area contributed by atoms with Crippen LogP contribution in [0.4, 0.5) is 0 Å². The van der Waals surface area contributed by atoms with Crippen LogP contribution >= 0.6 is 12.2 Å². The van der Waals surface area contributed by atoms with Crippen LogP contribution in [0.2, 0.25) is 0 Å². The van der Waals surface area contributed by atoms with E-state index in [2.05, 4.69) is 24.1 Å². The van der Waals surface area contributed by atoms with Gasteiger partial charge >= 0.3 is 0 Å². The van der Waals surface area contributed by atoms with Crippen LogP contribution < -0.4 is 5.32 Å². The van der Waals surface area contributed by atoms with Gasteiger partial charge in [0.15, 0.2) is 5.11 Å². The summed E-state index contributed by atoms with van der Waals surface area (Å²) in [5.74, 6) is 0.660. The van der Waals surface area contributed by atoms with Crippen molar-refractivity contribution in [3.8, 4) is 0 Å². The van der Waals surface area contributed by atoms with Gasteiger partial charge in [0.25, 0.3) is 0 Å². The van der Waals surface area contributed by atoms with Crippen LogP contribution in [0.5, 0.6) is 0 Å². The molecule has 0 atom stereocenters. The average molecular weight is 230 g/mol. The minimum Gasteiger partial charge on any atom is -0.383 e. The van der Waals surface area contributed by atoms with Crippen molar-refractivity contribution in [3.63, 3.8) is 0 Å². The van der Waals surface area contributed by atoms with Crippen molar-refractivity contribution in [2.24, 2.45) is 5.92 Å². The molecule has 1 fully saturated rings. The molecule has 0 spiro atoms. The maximum Gasteiger partial charge on any atom is 0.169 e. The molecular formula is C11H22N2OS. The molecule has 3 nitrogen and oxygen atoms in total. The summed E-state index contributed by atoms with van der Waals surface area (Å²) >= 11 is 5.38. The normalized spacial score (nSPS) is 15.5. The molecule has 1 N–H and O–H groups in total. The third-order valence-corrected chi connectivity index (χ3v) is 2.77. The van der Waals surface area contributed by atoms with Gasteiger partial charge in [-0.25, -0.2) is 0 Å². The molecule has 0 aromatic heterocycles. The Labute approximate surface area is 98.2 Å². The van der Waals surface area contributed by atoms with E-state index in [1.165, 1.54) is 12.8 Å². The van der Waals surface area contributed by atoms with Gasteiger partial charge < -0.3 is 15.0 Å². The molecule has 15 heavy (non-hydrogen) atoms. The van der Waals surface area contributed by atoms with Crippen molar-refractivity contribution in [2.75, 3.05) is 26.8 Å². The zero-order valence-electron chi connectivity index (χ0n) is 9.95. The van der Waals surface area contributed by atoms with Crippen LogP contribution in [0.25, 0.3) is 0 Å². The Kier molecular flexibility index (Phi) is 5.32. The Morgan fingerprint density at radius 1 is 1.53 bits per heavy atom. The summed E-state index contributed by atoms with van der Waals surface area (Å²) in [4.78, 5) is 2.33. The van der Waals surface area contributed by atoms with Crippen molar-refractivity contribution >= 4 is 17.3 Å². The molecule has 0 saturated heterocycles. The lowest BCUT2D eigenvalue weighted by molar-refractivity contribution is 0.202. The number of nitrogens with one attached hydrogen (secondary N) is 1. The lowest BCUT2D eigenvalue weighted by Gasteiger charge is -2.27. The van der Waals surface area contributed by atoms with Crippen LogP contribution in [0.1, 0.15) is 26.7 Å². The molecule has 0 radical (unpaired) electrons. The predicted molar refractivity (Wildman–Crippen MR) is 67.0 cm³/mol. The molecule has 0 heterocycles. The van der Waals surface area contributed by atoms with Crippen LogP contribution in [0, 0.1) is 5.92 Å². The van der Waals surface area contributed by atoms with Gasteiger partial charge in [0.05, 0.1) is 6.61 Å². The number of methoxy groups -OCH3 is 1. The van der Waals surface area contributed by atoms with E-state index >= 15 is 0 Å². The number of rotatable bonds is 6. The molecule has 1 saturated carbocycles. The number of thiocarbonyl (C=S) groups is 1. The van der Waals surface area contributed by atoms with E-state index in [-0.39, 0.29) is 0 Å². The summed E-state index contributed by atoms with van der Waals surface area (Å²) in [6.45, 7) is 7.03. The van der Waals surface area contributed by atoms with E-state index in [9.17, 15) is 0 Å². The van der Waals surface area contributed by atoms with E-state index in [0.29, 0.717) is 18.6 Å². The van der Waals surface area contributed by atoms with E-state index in [4.69, 9.17) is 17.0 Å². The Bertz CT molecular complexity index is 205. The summed E-state index contributed by atoms with van der Waals surface area (Å²) in [5.41, 5.74) is 0. The Balaban J connectivity index is 2.30. The molecule has 0 aromatic rings. The second-order valence-corrected chi connectivity index (χ2v) is 4.89. The maximum absolute atomic E-state index is 5.38. The van der Waals surface area contributed by atoms with Crippen LogP contribution in [0.15, 0.2) is 0 Å². The quantitative estimate of drug-likeness (QED) is 0.554. The van der Waals surface area contributed by atoms with Crippen molar-refractivity contribution in [1.29, 1.82) is 0 Å². The van der Waals surface area contributed by atoms with E-state index < -0.39 is 0 Å². The minimum absolute atomic E-state index is 0.660. The number of nitrogens with zero attached hydrogens (tertiary/aromatic N) is 1. The summed E-state index contributed by atoms with van der Waals surface area (Å²) in [6, 6.07) is 0.690. The number of ether oxygens (including phenoxy) is 1. The van der Waals surface area contributed by atoms with Crippen molar-refractivity contribution < 1.29 is 4.74 Å². The predicted octanol–water partition coefficient (Wildman–Crippen LogP) is 1.63. The molecule has 88 valence electrons. The summed E-state index contributed by atoms with van der Waals surface area (Å²) in [5, 5.41) is 4.13. The minimum atomic E-state index is 0.660. The largest absolute Gasteiger partial charge is 0.383 e. The van der Waals surface area contributed by atoms with Gasteiger partial charge in [-0.15, -0.1) is 0 Å². The second kappa shape index (κ2) is 6.28. The first-order chi connectivity index (χ1) is 7.15. The van der Waals surface area contributed by atoms with Gasteiger partial charge in [0, 0.05) is 26.2 Å². The standard InChI is InChI=1S/C11H22N2OS/c1-9(2)8-13(10-4-5-10)11(15)12-6-7-14-3/h9-10H,4-8H2,1-3H3,(H,12,15). The third kappa shape index (κ3) is 4.80. The van der Waals surface area contributed by atoms with Gasteiger partial charge in [-0.2, -0.15) is 0 Å². The molecule has 1 aliphatic carbocycles. The van der Waals surface area contributed by atoms with Gasteiger partial charge in [0.1, 0.15) is 0 Å². The summed E-state index contributed by atoms with van der Waals surface area (Å²) in [7, 11) is 1.71. The highest BCUT2D eigenvalue weighted by atomic mass is 32.1. The number of hydrogen-bond acceptors (Lipinski definition) is 2. The van der Waals surface area contributed by atoms with Crippen LogP contribution in [-0.4, -0.2) is 42.9 Å². The third-order valence-electron chi connectivity index (χ3n) is 2.39. The fourth-order valence-corrected chi connectivity index (χ4v) is 1.86. The molecule has 0 aliphatic heterocycles. The summed E-state index contributed by atoms with van der Waals surface area (Å²) in [6.07, 6.45) is 2.58. The molecule has 0 amide bonds. The lowest BCUT2D eigenvalue weighted by atomic mass is 10.2. The molecule has 0 unspecified atom stereocenters.